The monoisotopic (exact) mass is 368 g/mol. The third-order valence-corrected chi connectivity index (χ3v) is 3.12. The van der Waals surface area contributed by atoms with Crippen molar-refractivity contribution in [2.75, 3.05) is 0 Å². The summed E-state index contributed by atoms with van der Waals surface area (Å²) in [4.78, 5) is 17.1. The lowest BCUT2D eigenvalue weighted by molar-refractivity contribution is -0.274. The Kier molecular flexibility index (Phi) is 4.05. The van der Waals surface area contributed by atoms with Crippen molar-refractivity contribution < 1.29 is 22.7 Å². The number of aromatic nitrogens is 2. The van der Waals surface area contributed by atoms with Gasteiger partial charge in [0.2, 0.25) is 0 Å². The van der Waals surface area contributed by atoms with Crippen LogP contribution in [-0.4, -0.2) is 22.6 Å². The molecule has 0 aliphatic carbocycles. The van der Waals surface area contributed by atoms with Gasteiger partial charge in [0.25, 0.3) is 0 Å². The molecule has 0 saturated heterocycles. The molecule has 106 valence electrons. The Bertz CT molecular complexity index is 658. The number of hydrogen-bond acceptors (Lipinski definition) is 3. The van der Waals surface area contributed by atoms with Crippen LogP contribution < -0.4 is 4.74 Å². The van der Waals surface area contributed by atoms with Gasteiger partial charge in [0.05, 0.1) is 5.02 Å². The van der Waals surface area contributed by atoms with Crippen molar-refractivity contribution in [2.24, 2.45) is 0 Å². The van der Waals surface area contributed by atoms with Crippen LogP contribution in [0.2, 0.25) is 5.02 Å². The second-order valence-corrected chi connectivity index (χ2v) is 4.79. The number of aromatic amines is 1. The molecule has 20 heavy (non-hydrogen) atoms. The second kappa shape index (κ2) is 5.45. The van der Waals surface area contributed by atoms with E-state index in [9.17, 15) is 18.0 Å². The molecule has 0 radical (unpaired) electrons. The Morgan fingerprint density at radius 3 is 2.65 bits per heavy atom. The zero-order valence-corrected chi connectivity index (χ0v) is 11.8. The standard InChI is InChI=1S/C11H5BrClF3N2O2/c12-10-9(17-8(4-19)18-10)6-3-5(1-2-7(6)13)20-11(14,15)16/h1-4H,(H,17,18). The number of carbonyl (C=O) groups excluding carboxylic acids is 1. The SMILES string of the molecule is O=Cc1nc(-c2cc(OC(F)(F)F)ccc2Cl)c(Br)[nH]1. The lowest BCUT2D eigenvalue weighted by atomic mass is 10.1. The average Bonchev–Trinajstić information content (AvgIpc) is 2.71. The van der Waals surface area contributed by atoms with Crippen LogP contribution >= 0.6 is 27.5 Å². The lowest BCUT2D eigenvalue weighted by Gasteiger charge is -2.10. The predicted octanol–water partition coefficient (Wildman–Crippen LogP) is 4.20. The molecule has 0 aliphatic rings. The fourth-order valence-corrected chi connectivity index (χ4v) is 2.20. The van der Waals surface area contributed by atoms with Crippen molar-refractivity contribution >= 4 is 33.8 Å². The zero-order chi connectivity index (χ0) is 14.9. The maximum absolute atomic E-state index is 12.2. The Morgan fingerprint density at radius 1 is 1.40 bits per heavy atom. The molecule has 2 rings (SSSR count). The molecule has 0 aliphatic heterocycles. The number of halogens is 5. The topological polar surface area (TPSA) is 55.0 Å². The molecule has 0 unspecified atom stereocenters. The van der Waals surface area contributed by atoms with E-state index in [0.29, 0.717) is 10.9 Å². The predicted molar refractivity (Wildman–Crippen MR) is 68.8 cm³/mol. The van der Waals surface area contributed by atoms with E-state index >= 15 is 0 Å². The number of aldehydes is 1. The summed E-state index contributed by atoms with van der Waals surface area (Å²) in [6, 6.07) is 3.42. The van der Waals surface area contributed by atoms with E-state index in [2.05, 4.69) is 30.6 Å². The molecular weight excluding hydrogens is 364 g/mol. The quantitative estimate of drug-likeness (QED) is 0.825. The number of nitrogens with one attached hydrogen (secondary N) is 1. The molecule has 1 aromatic carbocycles. The smallest absolute Gasteiger partial charge is 0.406 e. The molecule has 2 aromatic rings. The fourth-order valence-electron chi connectivity index (χ4n) is 1.49. The van der Waals surface area contributed by atoms with E-state index < -0.39 is 12.1 Å². The number of hydrogen-bond donors (Lipinski definition) is 1. The summed E-state index contributed by atoms with van der Waals surface area (Å²) in [7, 11) is 0. The van der Waals surface area contributed by atoms with E-state index in [0.717, 1.165) is 12.1 Å². The third-order valence-electron chi connectivity index (χ3n) is 2.22. The average molecular weight is 370 g/mol. The minimum Gasteiger partial charge on any atom is -0.406 e. The van der Waals surface area contributed by atoms with E-state index in [4.69, 9.17) is 11.6 Å². The summed E-state index contributed by atoms with van der Waals surface area (Å²) >= 11 is 9.04. The van der Waals surface area contributed by atoms with E-state index in [1.54, 1.807) is 0 Å². The number of rotatable bonds is 3. The van der Waals surface area contributed by atoms with Gasteiger partial charge in [-0.05, 0) is 34.1 Å². The van der Waals surface area contributed by atoms with Crippen LogP contribution in [-0.2, 0) is 0 Å². The minimum absolute atomic E-state index is 0.0186. The Morgan fingerprint density at radius 2 is 2.10 bits per heavy atom. The molecule has 0 spiro atoms. The zero-order valence-electron chi connectivity index (χ0n) is 9.46. The summed E-state index contributed by atoms with van der Waals surface area (Å²) < 4.78 is 40.7. The highest BCUT2D eigenvalue weighted by atomic mass is 79.9. The summed E-state index contributed by atoms with van der Waals surface area (Å²) in [6.07, 6.45) is -4.33. The van der Waals surface area contributed by atoms with Crippen molar-refractivity contribution in [1.82, 2.24) is 9.97 Å². The molecular formula is C11H5BrClF3N2O2. The lowest BCUT2D eigenvalue weighted by Crippen LogP contribution is -2.17. The first-order valence-electron chi connectivity index (χ1n) is 5.06. The van der Waals surface area contributed by atoms with Gasteiger partial charge in [-0.25, -0.2) is 4.98 Å². The summed E-state index contributed by atoms with van der Waals surface area (Å²) in [5, 5.41) is 0.171. The van der Waals surface area contributed by atoms with Crippen LogP contribution in [0, 0.1) is 0 Å². The first-order valence-corrected chi connectivity index (χ1v) is 6.23. The van der Waals surface area contributed by atoms with Gasteiger partial charge in [-0.2, -0.15) is 0 Å². The molecule has 1 N–H and O–H groups in total. The van der Waals surface area contributed by atoms with Gasteiger partial charge >= 0.3 is 6.36 Å². The van der Waals surface area contributed by atoms with Crippen LogP contribution in [0.5, 0.6) is 5.75 Å². The molecule has 9 heteroatoms. The summed E-state index contributed by atoms with van der Waals surface area (Å²) in [5.74, 6) is -0.412. The fraction of sp³-hybridized carbons (Fsp3) is 0.0909. The molecule has 4 nitrogen and oxygen atoms in total. The van der Waals surface area contributed by atoms with Crippen LogP contribution in [0.25, 0.3) is 11.3 Å². The molecule has 1 heterocycles. The van der Waals surface area contributed by atoms with Crippen molar-refractivity contribution in [3.8, 4) is 17.0 Å². The maximum atomic E-state index is 12.2. The van der Waals surface area contributed by atoms with Crippen molar-refractivity contribution in [2.45, 2.75) is 6.36 Å². The second-order valence-electron chi connectivity index (χ2n) is 3.59. The number of ether oxygens (including phenoxy) is 1. The van der Waals surface area contributed by atoms with E-state index in [-0.39, 0.29) is 22.1 Å². The number of carbonyl (C=O) groups is 1. The Balaban J connectivity index is 2.47. The summed E-state index contributed by atoms with van der Waals surface area (Å²) in [5.41, 5.74) is 0.411. The van der Waals surface area contributed by atoms with Gasteiger partial charge in [-0.1, -0.05) is 11.6 Å². The van der Waals surface area contributed by atoms with Gasteiger partial charge < -0.3 is 9.72 Å². The molecule has 1 aromatic heterocycles. The Hall–Kier alpha value is -1.54. The Labute approximate surface area is 124 Å². The van der Waals surface area contributed by atoms with Crippen LogP contribution in [0.4, 0.5) is 13.2 Å². The van der Waals surface area contributed by atoms with Crippen molar-refractivity contribution in [3.05, 3.63) is 33.6 Å². The molecule has 0 saturated carbocycles. The number of H-pyrrole nitrogens is 1. The van der Waals surface area contributed by atoms with Crippen LogP contribution in [0.1, 0.15) is 10.6 Å². The molecule has 0 fully saturated rings. The molecule has 0 bridgehead atoms. The molecule has 0 atom stereocenters. The number of imidazole rings is 1. The largest absolute Gasteiger partial charge is 0.573 e. The van der Waals surface area contributed by atoms with Gasteiger partial charge in [0, 0.05) is 5.56 Å². The van der Waals surface area contributed by atoms with Crippen molar-refractivity contribution in [1.29, 1.82) is 0 Å². The summed E-state index contributed by atoms with van der Waals surface area (Å²) in [6.45, 7) is 0. The first kappa shape index (κ1) is 14.9. The normalized spacial score (nSPS) is 11.4. The minimum atomic E-state index is -4.80. The third kappa shape index (κ3) is 3.31. The maximum Gasteiger partial charge on any atom is 0.573 e. The highest BCUT2D eigenvalue weighted by molar-refractivity contribution is 9.10. The van der Waals surface area contributed by atoms with Crippen LogP contribution in [0.15, 0.2) is 22.8 Å². The highest BCUT2D eigenvalue weighted by Gasteiger charge is 2.31. The number of benzene rings is 1. The molecule has 0 amide bonds. The van der Waals surface area contributed by atoms with E-state index in [1.807, 2.05) is 0 Å². The van der Waals surface area contributed by atoms with Gasteiger partial charge in [0.15, 0.2) is 12.1 Å². The number of nitrogens with zero attached hydrogens (tertiary/aromatic N) is 1. The van der Waals surface area contributed by atoms with Gasteiger partial charge in [-0.3, -0.25) is 4.79 Å². The van der Waals surface area contributed by atoms with E-state index in [1.165, 1.54) is 6.07 Å². The highest BCUT2D eigenvalue weighted by Crippen LogP contribution is 2.35. The van der Waals surface area contributed by atoms with Gasteiger partial charge in [0.1, 0.15) is 16.0 Å². The van der Waals surface area contributed by atoms with Crippen LogP contribution in [0.3, 0.4) is 0 Å². The van der Waals surface area contributed by atoms with Gasteiger partial charge in [-0.15, -0.1) is 13.2 Å². The number of alkyl halides is 3. The van der Waals surface area contributed by atoms with Crippen molar-refractivity contribution in [3.63, 3.8) is 0 Å². The first-order chi connectivity index (χ1) is 9.30.